The first-order valence-corrected chi connectivity index (χ1v) is 6.09. The molecule has 18 heavy (non-hydrogen) atoms. The molecular formula is C14H22N2O2. The lowest BCUT2D eigenvalue weighted by molar-refractivity contribution is -0.138. The van der Waals surface area contributed by atoms with E-state index in [1.54, 1.807) is 7.05 Å². The number of benzene rings is 1. The number of nitrogens with one attached hydrogen (secondary N) is 2. The van der Waals surface area contributed by atoms with Crippen molar-refractivity contribution < 1.29 is 9.90 Å². The Bertz CT molecular complexity index is 411. The first kappa shape index (κ1) is 14.5. The van der Waals surface area contributed by atoms with Gasteiger partial charge in [0.25, 0.3) is 0 Å². The monoisotopic (exact) mass is 250 g/mol. The number of anilines is 1. The van der Waals surface area contributed by atoms with E-state index < -0.39 is 12.0 Å². The number of rotatable bonds is 5. The number of likely N-dealkylation sites (N-methyl/N-ethyl adjacent to an activating group) is 1. The molecule has 3 N–H and O–H groups in total. The smallest absolute Gasteiger partial charge is 0.322 e. The molecule has 0 aliphatic rings. The predicted octanol–water partition coefficient (Wildman–Crippen LogP) is 2.07. The maximum absolute atomic E-state index is 10.9. The SMILES string of the molecule is CNC(CNc1ccccc1C(C)(C)C)C(=O)O. The van der Waals surface area contributed by atoms with Crippen LogP contribution in [-0.4, -0.2) is 30.7 Å². The number of hydrogen-bond acceptors (Lipinski definition) is 3. The molecule has 0 bridgehead atoms. The van der Waals surface area contributed by atoms with Gasteiger partial charge in [0, 0.05) is 12.2 Å². The molecule has 0 aromatic heterocycles. The first-order valence-electron chi connectivity index (χ1n) is 6.09. The van der Waals surface area contributed by atoms with Crippen molar-refractivity contribution >= 4 is 11.7 Å². The molecule has 0 saturated heterocycles. The van der Waals surface area contributed by atoms with Gasteiger partial charge in [-0.05, 0) is 24.1 Å². The molecule has 0 aliphatic carbocycles. The number of para-hydroxylation sites is 1. The maximum Gasteiger partial charge on any atom is 0.322 e. The van der Waals surface area contributed by atoms with Crippen molar-refractivity contribution in [2.75, 3.05) is 18.9 Å². The molecule has 1 unspecified atom stereocenters. The summed E-state index contributed by atoms with van der Waals surface area (Å²) < 4.78 is 0. The van der Waals surface area contributed by atoms with Crippen LogP contribution in [0.5, 0.6) is 0 Å². The van der Waals surface area contributed by atoms with E-state index in [0.29, 0.717) is 6.54 Å². The van der Waals surface area contributed by atoms with Gasteiger partial charge in [-0.25, -0.2) is 0 Å². The van der Waals surface area contributed by atoms with Crippen molar-refractivity contribution in [3.05, 3.63) is 29.8 Å². The lowest BCUT2D eigenvalue weighted by Gasteiger charge is -2.24. The zero-order valence-electron chi connectivity index (χ0n) is 11.4. The Morgan fingerprint density at radius 1 is 1.33 bits per heavy atom. The number of aliphatic carboxylic acids is 1. The van der Waals surface area contributed by atoms with Crippen LogP contribution in [0.4, 0.5) is 5.69 Å². The van der Waals surface area contributed by atoms with E-state index >= 15 is 0 Å². The van der Waals surface area contributed by atoms with Gasteiger partial charge >= 0.3 is 5.97 Å². The van der Waals surface area contributed by atoms with Crippen molar-refractivity contribution in [2.24, 2.45) is 0 Å². The maximum atomic E-state index is 10.9. The number of hydrogen-bond donors (Lipinski definition) is 3. The summed E-state index contributed by atoms with van der Waals surface area (Å²) in [4.78, 5) is 10.9. The molecule has 1 rings (SSSR count). The summed E-state index contributed by atoms with van der Waals surface area (Å²) in [7, 11) is 1.65. The van der Waals surface area contributed by atoms with Crippen LogP contribution < -0.4 is 10.6 Å². The van der Waals surface area contributed by atoms with E-state index in [0.717, 1.165) is 5.69 Å². The third-order valence-electron chi connectivity index (χ3n) is 2.88. The Kier molecular flexibility index (Phi) is 4.73. The summed E-state index contributed by atoms with van der Waals surface area (Å²) in [6, 6.07) is 7.41. The molecule has 0 aliphatic heterocycles. The van der Waals surface area contributed by atoms with Crippen LogP contribution in [0.2, 0.25) is 0 Å². The van der Waals surface area contributed by atoms with Crippen molar-refractivity contribution in [3.8, 4) is 0 Å². The Labute approximate surface area is 108 Å². The summed E-state index contributed by atoms with van der Waals surface area (Å²) in [6.07, 6.45) is 0. The lowest BCUT2D eigenvalue weighted by atomic mass is 9.86. The van der Waals surface area contributed by atoms with Crippen LogP contribution in [0.1, 0.15) is 26.3 Å². The summed E-state index contributed by atoms with van der Waals surface area (Å²) >= 11 is 0. The Balaban J connectivity index is 2.82. The van der Waals surface area contributed by atoms with E-state index in [1.807, 2.05) is 18.2 Å². The highest BCUT2D eigenvalue weighted by Crippen LogP contribution is 2.29. The topological polar surface area (TPSA) is 61.4 Å². The molecule has 0 radical (unpaired) electrons. The summed E-state index contributed by atoms with van der Waals surface area (Å²) in [5.41, 5.74) is 2.21. The average molecular weight is 250 g/mol. The third kappa shape index (κ3) is 3.74. The highest BCUT2D eigenvalue weighted by atomic mass is 16.4. The fraction of sp³-hybridized carbons (Fsp3) is 0.500. The van der Waals surface area contributed by atoms with E-state index in [9.17, 15) is 4.79 Å². The van der Waals surface area contributed by atoms with E-state index in [1.165, 1.54) is 5.56 Å². The van der Waals surface area contributed by atoms with Crippen molar-refractivity contribution in [2.45, 2.75) is 32.2 Å². The number of carboxylic acid groups (broad SMARTS) is 1. The van der Waals surface area contributed by atoms with Gasteiger partial charge in [0.1, 0.15) is 6.04 Å². The standard InChI is InChI=1S/C14H22N2O2/c1-14(2,3)10-7-5-6-8-11(10)16-9-12(15-4)13(17)18/h5-8,12,15-16H,9H2,1-4H3,(H,17,18). The molecule has 0 saturated carbocycles. The second-order valence-corrected chi connectivity index (χ2v) is 5.36. The minimum absolute atomic E-state index is 0.0297. The average Bonchev–Trinajstić information content (AvgIpc) is 2.28. The quantitative estimate of drug-likeness (QED) is 0.748. The minimum Gasteiger partial charge on any atom is -0.480 e. The molecule has 0 fully saturated rings. The molecule has 100 valence electrons. The zero-order chi connectivity index (χ0) is 13.8. The van der Waals surface area contributed by atoms with Crippen LogP contribution >= 0.6 is 0 Å². The van der Waals surface area contributed by atoms with Crippen molar-refractivity contribution in [1.82, 2.24) is 5.32 Å². The van der Waals surface area contributed by atoms with Gasteiger partial charge in [0.15, 0.2) is 0 Å². The highest BCUT2D eigenvalue weighted by molar-refractivity contribution is 5.74. The molecule has 0 amide bonds. The van der Waals surface area contributed by atoms with Crippen molar-refractivity contribution in [3.63, 3.8) is 0 Å². The minimum atomic E-state index is -0.849. The van der Waals surface area contributed by atoms with Gasteiger partial charge < -0.3 is 15.7 Å². The van der Waals surface area contributed by atoms with Gasteiger partial charge in [0.05, 0.1) is 0 Å². The largest absolute Gasteiger partial charge is 0.480 e. The van der Waals surface area contributed by atoms with Crippen LogP contribution in [-0.2, 0) is 10.2 Å². The number of carbonyl (C=O) groups is 1. The van der Waals surface area contributed by atoms with Crippen LogP contribution in [0.15, 0.2) is 24.3 Å². The first-order chi connectivity index (χ1) is 8.36. The van der Waals surface area contributed by atoms with E-state index in [4.69, 9.17) is 5.11 Å². The van der Waals surface area contributed by atoms with Crippen molar-refractivity contribution in [1.29, 1.82) is 0 Å². The van der Waals surface area contributed by atoms with E-state index in [-0.39, 0.29) is 5.41 Å². The lowest BCUT2D eigenvalue weighted by Crippen LogP contribution is -2.40. The molecule has 0 spiro atoms. The molecule has 0 heterocycles. The highest BCUT2D eigenvalue weighted by Gasteiger charge is 2.19. The third-order valence-corrected chi connectivity index (χ3v) is 2.88. The van der Waals surface area contributed by atoms with Gasteiger partial charge in [-0.2, -0.15) is 0 Å². The molecule has 1 aromatic carbocycles. The van der Waals surface area contributed by atoms with Gasteiger partial charge in [-0.3, -0.25) is 4.79 Å². The second kappa shape index (κ2) is 5.87. The summed E-state index contributed by atoms with van der Waals surface area (Å²) in [5, 5.41) is 15.0. The molecular weight excluding hydrogens is 228 g/mol. The van der Waals surface area contributed by atoms with Gasteiger partial charge in [0.2, 0.25) is 0 Å². The summed E-state index contributed by atoms with van der Waals surface area (Å²) in [5.74, 6) is -0.849. The van der Waals surface area contributed by atoms with Crippen LogP contribution in [0.3, 0.4) is 0 Å². The number of carboxylic acids is 1. The predicted molar refractivity (Wildman–Crippen MR) is 74.1 cm³/mol. The Morgan fingerprint density at radius 3 is 2.44 bits per heavy atom. The van der Waals surface area contributed by atoms with Crippen LogP contribution in [0, 0.1) is 0 Å². The van der Waals surface area contributed by atoms with Crippen LogP contribution in [0.25, 0.3) is 0 Å². The fourth-order valence-corrected chi connectivity index (χ4v) is 1.82. The van der Waals surface area contributed by atoms with Gasteiger partial charge in [-0.1, -0.05) is 39.0 Å². The summed E-state index contributed by atoms with van der Waals surface area (Å²) in [6.45, 7) is 6.78. The molecule has 4 nitrogen and oxygen atoms in total. The van der Waals surface area contributed by atoms with E-state index in [2.05, 4.69) is 37.5 Å². The molecule has 4 heteroatoms. The van der Waals surface area contributed by atoms with Gasteiger partial charge in [-0.15, -0.1) is 0 Å². The normalized spacial score (nSPS) is 13.1. The molecule has 1 aromatic rings. The second-order valence-electron chi connectivity index (χ2n) is 5.36. The Hall–Kier alpha value is -1.55. The Morgan fingerprint density at radius 2 is 1.94 bits per heavy atom. The fourth-order valence-electron chi connectivity index (χ4n) is 1.82. The molecule has 1 atom stereocenters. The zero-order valence-corrected chi connectivity index (χ0v) is 11.4.